The molecule has 0 bridgehead atoms. The summed E-state index contributed by atoms with van der Waals surface area (Å²) in [7, 11) is 0. The predicted octanol–water partition coefficient (Wildman–Crippen LogP) is 2.95. The van der Waals surface area contributed by atoms with Crippen LogP contribution >= 0.6 is 0 Å². The number of aromatic nitrogens is 1. The molecule has 0 spiro atoms. The van der Waals surface area contributed by atoms with Crippen LogP contribution in [0.5, 0.6) is 0 Å². The summed E-state index contributed by atoms with van der Waals surface area (Å²) < 4.78 is 5.72. The maximum absolute atomic E-state index is 12.6. The first-order valence-corrected chi connectivity index (χ1v) is 9.46. The molecule has 1 amide bonds. The minimum absolute atomic E-state index is 0.0352. The zero-order valence-electron chi connectivity index (χ0n) is 15.1. The second-order valence-corrected chi connectivity index (χ2v) is 8.19. The lowest BCUT2D eigenvalue weighted by Gasteiger charge is -2.37. The molecular formula is C19H29N3O2. The highest BCUT2D eigenvalue weighted by Gasteiger charge is 2.59. The van der Waals surface area contributed by atoms with Crippen molar-refractivity contribution in [3.05, 3.63) is 17.3 Å². The fourth-order valence-corrected chi connectivity index (χ4v) is 4.29. The molecule has 1 N–H and O–H groups in total. The molecular weight excluding hydrogens is 302 g/mol. The molecule has 2 heterocycles. The van der Waals surface area contributed by atoms with Crippen LogP contribution < -0.4 is 5.32 Å². The second kappa shape index (κ2) is 5.87. The number of aryl methyl sites for hydroxylation is 2. The maximum Gasteiger partial charge on any atom is 0.226 e. The number of likely N-dealkylation sites (tertiary alicyclic amines) is 1. The number of carbonyl (C=O) groups is 1. The third-order valence-corrected chi connectivity index (χ3v) is 6.36. The molecule has 3 fully saturated rings. The van der Waals surface area contributed by atoms with Gasteiger partial charge in [-0.05, 0) is 65.2 Å². The normalized spacial score (nSPS) is 29.5. The molecule has 0 aromatic carbocycles. The van der Waals surface area contributed by atoms with Crippen LogP contribution in [0.25, 0.3) is 0 Å². The molecule has 1 aliphatic heterocycles. The minimum Gasteiger partial charge on any atom is -0.444 e. The Kier molecular flexibility index (Phi) is 3.94. The van der Waals surface area contributed by atoms with Gasteiger partial charge in [0, 0.05) is 18.6 Å². The van der Waals surface area contributed by atoms with Gasteiger partial charge in [0.25, 0.3) is 0 Å². The monoisotopic (exact) mass is 331 g/mol. The summed E-state index contributed by atoms with van der Waals surface area (Å²) in [5, 5.41) is 3.37. The van der Waals surface area contributed by atoms with Crippen LogP contribution in [0.15, 0.2) is 4.42 Å². The number of hydrogen-bond donors (Lipinski definition) is 1. The minimum atomic E-state index is 0.0352. The first-order chi connectivity index (χ1) is 11.5. The van der Waals surface area contributed by atoms with Gasteiger partial charge in [-0.15, -0.1) is 0 Å². The van der Waals surface area contributed by atoms with Gasteiger partial charge in [0.1, 0.15) is 5.76 Å². The largest absolute Gasteiger partial charge is 0.444 e. The van der Waals surface area contributed by atoms with Crippen molar-refractivity contribution in [2.24, 2.45) is 11.3 Å². The molecule has 3 aliphatic rings. The van der Waals surface area contributed by atoms with Crippen molar-refractivity contribution in [2.45, 2.75) is 77.9 Å². The first-order valence-electron chi connectivity index (χ1n) is 9.46. The van der Waals surface area contributed by atoms with Crippen LogP contribution in [-0.2, 0) is 11.3 Å². The fraction of sp³-hybridized carbons (Fsp3) is 0.789. The van der Waals surface area contributed by atoms with Gasteiger partial charge in [0.15, 0.2) is 0 Å². The van der Waals surface area contributed by atoms with Crippen LogP contribution in [0.2, 0.25) is 0 Å². The van der Waals surface area contributed by atoms with Gasteiger partial charge in [-0.2, -0.15) is 0 Å². The van der Waals surface area contributed by atoms with Gasteiger partial charge < -0.3 is 9.73 Å². The quantitative estimate of drug-likeness (QED) is 0.901. The maximum atomic E-state index is 12.6. The summed E-state index contributed by atoms with van der Waals surface area (Å²) in [5.41, 5.74) is 1.02. The van der Waals surface area contributed by atoms with E-state index in [1.54, 1.807) is 0 Å². The van der Waals surface area contributed by atoms with Crippen molar-refractivity contribution in [1.82, 2.24) is 15.2 Å². The Balaban J connectivity index is 1.30. The standard InChI is InChI=1S/C19H29N3O2/c1-12-10-16(21-18(23)19(7-8-19)15-4-5-15)6-9-22(12)11-17-20-13(2)14(3)24-17/h12,15-16H,4-11H2,1-3H3,(H,21,23). The summed E-state index contributed by atoms with van der Waals surface area (Å²) in [6, 6.07) is 0.764. The Labute approximate surface area is 144 Å². The van der Waals surface area contributed by atoms with Gasteiger partial charge in [0.05, 0.1) is 17.7 Å². The van der Waals surface area contributed by atoms with E-state index in [0.29, 0.717) is 23.9 Å². The highest BCUT2D eigenvalue weighted by atomic mass is 16.4. The van der Waals surface area contributed by atoms with E-state index < -0.39 is 0 Å². The Morgan fingerprint density at radius 3 is 2.62 bits per heavy atom. The summed E-state index contributed by atoms with van der Waals surface area (Å²) in [6.07, 6.45) is 6.79. The number of piperidine rings is 1. The van der Waals surface area contributed by atoms with Crippen LogP contribution in [0, 0.1) is 25.2 Å². The van der Waals surface area contributed by atoms with Crippen molar-refractivity contribution >= 4 is 5.91 Å². The van der Waals surface area contributed by atoms with Crippen LogP contribution in [0.1, 0.15) is 62.8 Å². The molecule has 2 unspecified atom stereocenters. The zero-order chi connectivity index (χ0) is 16.9. The van der Waals surface area contributed by atoms with Crippen molar-refractivity contribution in [3.8, 4) is 0 Å². The average molecular weight is 331 g/mol. The van der Waals surface area contributed by atoms with E-state index in [2.05, 4.69) is 22.1 Å². The highest BCUT2D eigenvalue weighted by Crippen LogP contribution is 2.61. The third kappa shape index (κ3) is 2.99. The summed E-state index contributed by atoms with van der Waals surface area (Å²) in [5.74, 6) is 2.75. The summed E-state index contributed by atoms with van der Waals surface area (Å²) in [4.78, 5) is 19.6. The molecule has 4 rings (SSSR count). The smallest absolute Gasteiger partial charge is 0.226 e. The number of hydrogen-bond acceptors (Lipinski definition) is 4. The number of rotatable bonds is 5. The predicted molar refractivity (Wildman–Crippen MR) is 91.4 cm³/mol. The molecule has 132 valence electrons. The Morgan fingerprint density at radius 2 is 2.08 bits per heavy atom. The van der Waals surface area contributed by atoms with Gasteiger partial charge in [0.2, 0.25) is 11.8 Å². The van der Waals surface area contributed by atoms with E-state index in [9.17, 15) is 4.79 Å². The van der Waals surface area contributed by atoms with Crippen molar-refractivity contribution < 1.29 is 9.21 Å². The lowest BCUT2D eigenvalue weighted by molar-refractivity contribution is -0.128. The lowest BCUT2D eigenvalue weighted by atomic mass is 9.95. The SMILES string of the molecule is Cc1nc(CN2CCC(NC(=O)C3(C4CC4)CC3)CC2C)oc1C. The fourth-order valence-electron chi connectivity index (χ4n) is 4.29. The van der Waals surface area contributed by atoms with Gasteiger partial charge in [-0.3, -0.25) is 9.69 Å². The van der Waals surface area contributed by atoms with E-state index in [1.807, 2.05) is 13.8 Å². The van der Waals surface area contributed by atoms with E-state index >= 15 is 0 Å². The lowest BCUT2D eigenvalue weighted by Crippen LogP contribution is -2.50. The van der Waals surface area contributed by atoms with Gasteiger partial charge in [-0.1, -0.05) is 0 Å². The highest BCUT2D eigenvalue weighted by molar-refractivity contribution is 5.86. The van der Waals surface area contributed by atoms with Gasteiger partial charge in [-0.25, -0.2) is 4.98 Å². The molecule has 5 heteroatoms. The first kappa shape index (κ1) is 16.1. The summed E-state index contributed by atoms with van der Waals surface area (Å²) in [6.45, 7) is 7.95. The van der Waals surface area contributed by atoms with Gasteiger partial charge >= 0.3 is 0 Å². The van der Waals surface area contributed by atoms with Crippen LogP contribution in [0.4, 0.5) is 0 Å². The van der Waals surface area contributed by atoms with Crippen LogP contribution in [-0.4, -0.2) is 34.4 Å². The molecule has 5 nitrogen and oxygen atoms in total. The van der Waals surface area contributed by atoms with Crippen molar-refractivity contribution in [3.63, 3.8) is 0 Å². The number of carbonyl (C=O) groups excluding carboxylic acids is 1. The van der Waals surface area contributed by atoms with E-state index in [0.717, 1.165) is 56.1 Å². The number of oxazole rings is 1. The molecule has 1 aromatic rings. The molecule has 1 saturated heterocycles. The second-order valence-electron chi connectivity index (χ2n) is 8.19. The van der Waals surface area contributed by atoms with Crippen LogP contribution in [0.3, 0.4) is 0 Å². The molecule has 24 heavy (non-hydrogen) atoms. The van der Waals surface area contributed by atoms with E-state index in [4.69, 9.17) is 4.42 Å². The molecule has 1 aromatic heterocycles. The number of nitrogens with zero attached hydrogens (tertiary/aromatic N) is 2. The number of nitrogens with one attached hydrogen (secondary N) is 1. The van der Waals surface area contributed by atoms with Crippen molar-refractivity contribution in [1.29, 1.82) is 0 Å². The summed E-state index contributed by atoms with van der Waals surface area (Å²) >= 11 is 0. The zero-order valence-corrected chi connectivity index (χ0v) is 15.1. The van der Waals surface area contributed by atoms with E-state index in [1.165, 1.54) is 12.8 Å². The number of amides is 1. The Bertz CT molecular complexity index is 611. The molecule has 2 atom stereocenters. The average Bonchev–Trinajstić information content (AvgIpc) is 3.42. The Morgan fingerprint density at radius 1 is 1.33 bits per heavy atom. The molecule has 2 aliphatic carbocycles. The third-order valence-electron chi connectivity index (χ3n) is 6.36. The van der Waals surface area contributed by atoms with Crippen molar-refractivity contribution in [2.75, 3.05) is 6.54 Å². The molecule has 0 radical (unpaired) electrons. The Hall–Kier alpha value is -1.36. The molecule has 2 saturated carbocycles. The van der Waals surface area contributed by atoms with E-state index in [-0.39, 0.29) is 5.41 Å². The topological polar surface area (TPSA) is 58.4 Å².